The molecule has 16 heavy (non-hydrogen) atoms. The molecule has 1 aromatic heterocycles. The van der Waals surface area contributed by atoms with Gasteiger partial charge in [0.05, 0.1) is 0 Å². The zero-order chi connectivity index (χ0) is 11.5. The summed E-state index contributed by atoms with van der Waals surface area (Å²) in [6.45, 7) is 1.96. The fourth-order valence-corrected chi connectivity index (χ4v) is 2.13. The molecule has 0 unspecified atom stereocenters. The molecule has 2 N–H and O–H groups in total. The molecule has 0 aliphatic rings. The predicted molar refractivity (Wildman–Crippen MR) is 66.8 cm³/mol. The molecule has 2 rings (SSSR count). The highest BCUT2D eigenvalue weighted by molar-refractivity contribution is 7.99. The van der Waals surface area contributed by atoms with Gasteiger partial charge in [-0.25, -0.2) is 9.97 Å². The molecule has 0 saturated carbocycles. The van der Waals surface area contributed by atoms with Gasteiger partial charge in [0.15, 0.2) is 0 Å². The molecule has 5 heteroatoms. The van der Waals surface area contributed by atoms with E-state index in [0.717, 1.165) is 20.5 Å². The van der Waals surface area contributed by atoms with Crippen LogP contribution in [0, 0.1) is 6.92 Å². The second-order valence-electron chi connectivity index (χ2n) is 3.27. The van der Waals surface area contributed by atoms with E-state index in [9.17, 15) is 0 Å². The van der Waals surface area contributed by atoms with Crippen molar-refractivity contribution in [1.29, 1.82) is 0 Å². The van der Waals surface area contributed by atoms with E-state index in [0.29, 0.717) is 5.95 Å². The smallest absolute Gasteiger partial charge is 0.221 e. The minimum atomic E-state index is 0.294. The average molecular weight is 252 g/mol. The minimum Gasteiger partial charge on any atom is -0.368 e. The molecule has 0 amide bonds. The molecule has 0 radical (unpaired) electrons. The molecule has 3 nitrogen and oxygen atoms in total. The van der Waals surface area contributed by atoms with Gasteiger partial charge in [-0.05, 0) is 31.2 Å². The summed E-state index contributed by atoms with van der Waals surface area (Å²) in [6, 6.07) is 7.60. The van der Waals surface area contributed by atoms with Gasteiger partial charge in [-0.1, -0.05) is 23.4 Å². The van der Waals surface area contributed by atoms with Crippen LogP contribution >= 0.6 is 23.4 Å². The molecule has 0 aliphatic heterocycles. The number of nitrogen functional groups attached to an aromatic ring is 1. The van der Waals surface area contributed by atoms with Gasteiger partial charge >= 0.3 is 0 Å². The summed E-state index contributed by atoms with van der Waals surface area (Å²) in [5.41, 5.74) is 6.56. The van der Waals surface area contributed by atoms with Gasteiger partial charge < -0.3 is 5.73 Å². The van der Waals surface area contributed by atoms with Crippen LogP contribution in [0.5, 0.6) is 0 Å². The summed E-state index contributed by atoms with van der Waals surface area (Å²) in [5, 5.41) is 1.60. The summed E-state index contributed by atoms with van der Waals surface area (Å²) >= 11 is 7.36. The standard InChI is InChI=1S/C11H10ClN3S/c1-7-6-14-11(13)15-10(7)16-9-4-2-8(12)3-5-9/h2-6H,1H3,(H2,13,14,15). The molecule has 0 fully saturated rings. The number of nitrogens with zero attached hydrogens (tertiary/aromatic N) is 2. The normalized spacial score (nSPS) is 10.4. The van der Waals surface area contributed by atoms with E-state index in [1.165, 1.54) is 0 Å². The highest BCUT2D eigenvalue weighted by Crippen LogP contribution is 2.29. The number of benzene rings is 1. The number of aryl methyl sites for hydroxylation is 1. The van der Waals surface area contributed by atoms with Gasteiger partial charge in [0.25, 0.3) is 0 Å². The fourth-order valence-electron chi connectivity index (χ4n) is 1.16. The van der Waals surface area contributed by atoms with E-state index in [1.807, 2.05) is 31.2 Å². The molecule has 0 bridgehead atoms. The van der Waals surface area contributed by atoms with Crippen LogP contribution in [-0.2, 0) is 0 Å². The summed E-state index contributed by atoms with van der Waals surface area (Å²) in [4.78, 5) is 9.19. The van der Waals surface area contributed by atoms with Gasteiger partial charge in [-0.3, -0.25) is 0 Å². The Hall–Kier alpha value is -1.26. The third kappa shape index (κ3) is 2.65. The first kappa shape index (κ1) is 11.2. The molecule has 1 heterocycles. The third-order valence-corrected chi connectivity index (χ3v) is 3.34. The van der Waals surface area contributed by atoms with Crippen molar-refractivity contribution in [2.45, 2.75) is 16.8 Å². The lowest BCUT2D eigenvalue weighted by atomic mass is 10.4. The summed E-state index contributed by atoms with van der Waals surface area (Å²) < 4.78 is 0. The molecule has 0 spiro atoms. The first-order valence-corrected chi connectivity index (χ1v) is 5.87. The van der Waals surface area contributed by atoms with E-state index in [1.54, 1.807) is 18.0 Å². The van der Waals surface area contributed by atoms with Crippen LogP contribution in [0.2, 0.25) is 5.02 Å². The highest BCUT2D eigenvalue weighted by Gasteiger charge is 2.04. The van der Waals surface area contributed by atoms with Crippen molar-refractivity contribution >= 4 is 29.3 Å². The van der Waals surface area contributed by atoms with Gasteiger partial charge in [-0.15, -0.1) is 0 Å². The number of aromatic nitrogens is 2. The zero-order valence-corrected chi connectivity index (χ0v) is 10.2. The van der Waals surface area contributed by atoms with Crippen molar-refractivity contribution in [3.05, 3.63) is 41.0 Å². The predicted octanol–water partition coefficient (Wildman–Crippen LogP) is 3.17. The summed E-state index contributed by atoms with van der Waals surface area (Å²) in [7, 11) is 0. The van der Waals surface area contributed by atoms with Crippen LogP contribution < -0.4 is 5.73 Å². The Bertz CT molecular complexity index is 499. The van der Waals surface area contributed by atoms with Gasteiger partial charge in [0.1, 0.15) is 5.03 Å². The van der Waals surface area contributed by atoms with Crippen molar-refractivity contribution in [3.8, 4) is 0 Å². The Morgan fingerprint density at radius 2 is 1.94 bits per heavy atom. The Labute approximate surface area is 103 Å². The fraction of sp³-hybridized carbons (Fsp3) is 0.0909. The number of nitrogens with two attached hydrogens (primary N) is 1. The van der Waals surface area contributed by atoms with E-state index in [4.69, 9.17) is 17.3 Å². The maximum Gasteiger partial charge on any atom is 0.221 e. The molecule has 0 atom stereocenters. The second kappa shape index (κ2) is 4.72. The number of hydrogen-bond donors (Lipinski definition) is 1. The molecule has 1 aromatic carbocycles. The molecule has 82 valence electrons. The quantitative estimate of drug-likeness (QED) is 0.833. The zero-order valence-electron chi connectivity index (χ0n) is 8.64. The van der Waals surface area contributed by atoms with Crippen molar-refractivity contribution < 1.29 is 0 Å². The van der Waals surface area contributed by atoms with Gasteiger partial charge in [-0.2, -0.15) is 0 Å². The number of hydrogen-bond acceptors (Lipinski definition) is 4. The lowest BCUT2D eigenvalue weighted by Crippen LogP contribution is -1.96. The van der Waals surface area contributed by atoms with Crippen molar-refractivity contribution in [3.63, 3.8) is 0 Å². The molecule has 0 saturated heterocycles. The topological polar surface area (TPSA) is 51.8 Å². The first-order chi connectivity index (χ1) is 7.65. The van der Waals surface area contributed by atoms with Crippen LogP contribution in [0.25, 0.3) is 0 Å². The average Bonchev–Trinajstić information content (AvgIpc) is 2.27. The molecular weight excluding hydrogens is 242 g/mol. The number of anilines is 1. The van der Waals surface area contributed by atoms with Crippen LogP contribution in [0.3, 0.4) is 0 Å². The van der Waals surface area contributed by atoms with E-state index in [-0.39, 0.29) is 0 Å². The van der Waals surface area contributed by atoms with Crippen molar-refractivity contribution in [1.82, 2.24) is 9.97 Å². The largest absolute Gasteiger partial charge is 0.368 e. The van der Waals surface area contributed by atoms with Crippen LogP contribution in [0.4, 0.5) is 5.95 Å². The van der Waals surface area contributed by atoms with E-state index < -0.39 is 0 Å². The van der Waals surface area contributed by atoms with Crippen LogP contribution in [0.15, 0.2) is 40.4 Å². The first-order valence-electron chi connectivity index (χ1n) is 4.67. The van der Waals surface area contributed by atoms with Crippen molar-refractivity contribution in [2.24, 2.45) is 0 Å². The summed E-state index contributed by atoms with van der Waals surface area (Å²) in [6.07, 6.45) is 1.72. The van der Waals surface area contributed by atoms with Crippen molar-refractivity contribution in [2.75, 3.05) is 5.73 Å². The lowest BCUT2D eigenvalue weighted by molar-refractivity contribution is 1.02. The van der Waals surface area contributed by atoms with E-state index in [2.05, 4.69) is 9.97 Å². The van der Waals surface area contributed by atoms with Crippen LogP contribution in [0.1, 0.15) is 5.56 Å². The summed E-state index contributed by atoms with van der Waals surface area (Å²) in [5.74, 6) is 0.294. The molecule has 0 aliphatic carbocycles. The Morgan fingerprint density at radius 3 is 2.62 bits per heavy atom. The number of rotatable bonds is 2. The Kier molecular flexibility index (Phi) is 3.31. The Balaban J connectivity index is 2.26. The second-order valence-corrected chi connectivity index (χ2v) is 4.77. The monoisotopic (exact) mass is 251 g/mol. The molecule has 2 aromatic rings. The van der Waals surface area contributed by atoms with Crippen LogP contribution in [-0.4, -0.2) is 9.97 Å². The third-order valence-electron chi connectivity index (χ3n) is 1.97. The maximum absolute atomic E-state index is 5.82. The highest BCUT2D eigenvalue weighted by atomic mass is 35.5. The SMILES string of the molecule is Cc1cnc(N)nc1Sc1ccc(Cl)cc1. The van der Waals surface area contributed by atoms with Gasteiger partial charge in [0, 0.05) is 21.7 Å². The maximum atomic E-state index is 5.82. The Morgan fingerprint density at radius 1 is 1.25 bits per heavy atom. The van der Waals surface area contributed by atoms with Gasteiger partial charge in [0.2, 0.25) is 5.95 Å². The minimum absolute atomic E-state index is 0.294. The number of halogens is 1. The van der Waals surface area contributed by atoms with E-state index >= 15 is 0 Å². The lowest BCUT2D eigenvalue weighted by Gasteiger charge is -2.04. The molecular formula is C11H10ClN3S.